The maximum atomic E-state index is 12.7. The molecule has 2 aromatic carbocycles. The van der Waals surface area contributed by atoms with E-state index in [9.17, 15) is 14.4 Å². The lowest BCUT2D eigenvalue weighted by atomic mass is 10.2. The van der Waals surface area contributed by atoms with Crippen LogP contribution in [0.1, 0.15) is 0 Å². The van der Waals surface area contributed by atoms with Gasteiger partial charge in [-0.15, -0.1) is 0 Å². The molecule has 0 saturated heterocycles. The summed E-state index contributed by atoms with van der Waals surface area (Å²) in [6, 6.07) is 14.2. The van der Waals surface area contributed by atoms with Crippen LogP contribution in [0.5, 0.6) is 5.75 Å². The average molecular weight is 382 g/mol. The molecule has 146 valence electrons. The van der Waals surface area contributed by atoms with Gasteiger partial charge in [-0.1, -0.05) is 18.2 Å². The van der Waals surface area contributed by atoms with Crippen LogP contribution in [-0.2, 0) is 14.4 Å². The monoisotopic (exact) mass is 382 g/mol. The maximum absolute atomic E-state index is 12.7. The first-order valence-corrected chi connectivity index (χ1v) is 8.78. The summed E-state index contributed by atoms with van der Waals surface area (Å²) in [5.41, 5.74) is 1.87. The summed E-state index contributed by atoms with van der Waals surface area (Å²) in [5, 5.41) is 5.52. The van der Waals surface area contributed by atoms with Gasteiger partial charge in [-0.05, 0) is 31.3 Å². The molecule has 0 saturated carbocycles. The number of amides is 3. The van der Waals surface area contributed by atoms with Crippen LogP contribution in [0.25, 0.3) is 0 Å². The minimum Gasteiger partial charge on any atom is -0.497 e. The van der Waals surface area contributed by atoms with E-state index in [4.69, 9.17) is 4.74 Å². The molecule has 0 unspecified atom stereocenters. The van der Waals surface area contributed by atoms with Gasteiger partial charge in [0.05, 0.1) is 31.6 Å². The van der Waals surface area contributed by atoms with Crippen molar-refractivity contribution in [2.45, 2.75) is 0 Å². The van der Waals surface area contributed by atoms with Crippen LogP contribution in [0, 0.1) is 0 Å². The second kappa shape index (κ2) is 8.53. The molecule has 1 aliphatic heterocycles. The van der Waals surface area contributed by atoms with Crippen LogP contribution in [0.3, 0.4) is 0 Å². The first-order valence-electron chi connectivity index (χ1n) is 8.78. The van der Waals surface area contributed by atoms with E-state index in [1.54, 1.807) is 61.5 Å². The number of nitrogens with zero attached hydrogens (tertiary/aromatic N) is 2. The van der Waals surface area contributed by atoms with Crippen molar-refractivity contribution >= 4 is 34.8 Å². The predicted octanol–water partition coefficient (Wildman–Crippen LogP) is 1.55. The third-order valence-electron chi connectivity index (χ3n) is 4.24. The number of para-hydroxylation sites is 2. The molecule has 1 aliphatic rings. The Bertz CT molecular complexity index is 899. The average Bonchev–Trinajstić information content (AvgIpc) is 2.67. The summed E-state index contributed by atoms with van der Waals surface area (Å²) in [6.45, 7) is -0.00251. The number of hydrogen-bond acceptors (Lipinski definition) is 5. The van der Waals surface area contributed by atoms with E-state index < -0.39 is 0 Å². The molecule has 0 aromatic heterocycles. The first-order chi connectivity index (χ1) is 13.5. The van der Waals surface area contributed by atoms with Gasteiger partial charge in [-0.3, -0.25) is 24.2 Å². The summed E-state index contributed by atoms with van der Waals surface area (Å²) < 4.78 is 5.13. The zero-order chi connectivity index (χ0) is 20.1. The van der Waals surface area contributed by atoms with Gasteiger partial charge in [-0.25, -0.2) is 0 Å². The van der Waals surface area contributed by atoms with Crippen LogP contribution in [0.4, 0.5) is 17.1 Å². The van der Waals surface area contributed by atoms with Gasteiger partial charge < -0.3 is 15.4 Å². The number of methoxy groups -OCH3 is 1. The van der Waals surface area contributed by atoms with E-state index in [1.807, 2.05) is 6.07 Å². The Labute approximate surface area is 163 Å². The van der Waals surface area contributed by atoms with Crippen molar-refractivity contribution < 1.29 is 19.1 Å². The number of carbonyl (C=O) groups excluding carboxylic acids is 3. The van der Waals surface area contributed by atoms with Crippen molar-refractivity contribution in [3.05, 3.63) is 48.5 Å². The molecule has 0 aliphatic carbocycles. The molecule has 2 aromatic rings. The van der Waals surface area contributed by atoms with Gasteiger partial charge in [0.15, 0.2) is 0 Å². The van der Waals surface area contributed by atoms with E-state index in [0.29, 0.717) is 22.8 Å². The van der Waals surface area contributed by atoms with Crippen molar-refractivity contribution in [3.8, 4) is 5.75 Å². The number of benzene rings is 2. The minimum absolute atomic E-state index is 0.00709. The number of carbonyl (C=O) groups is 3. The lowest BCUT2D eigenvalue weighted by Gasteiger charge is -2.30. The van der Waals surface area contributed by atoms with Gasteiger partial charge in [-0.2, -0.15) is 0 Å². The number of ether oxygens (including phenoxy) is 1. The number of rotatable bonds is 6. The lowest BCUT2D eigenvalue weighted by molar-refractivity contribution is -0.123. The van der Waals surface area contributed by atoms with Gasteiger partial charge in [0.2, 0.25) is 17.7 Å². The van der Waals surface area contributed by atoms with Gasteiger partial charge in [0.25, 0.3) is 0 Å². The lowest BCUT2D eigenvalue weighted by Crippen LogP contribution is -2.47. The number of nitrogens with one attached hydrogen (secondary N) is 2. The van der Waals surface area contributed by atoms with E-state index in [2.05, 4.69) is 10.6 Å². The molecule has 0 radical (unpaired) electrons. The maximum Gasteiger partial charge on any atom is 0.244 e. The number of likely N-dealkylation sites (N-methyl/N-ethyl adjacent to an activating group) is 1. The largest absolute Gasteiger partial charge is 0.497 e. The fraction of sp³-hybridized carbons (Fsp3) is 0.250. The summed E-state index contributed by atoms with van der Waals surface area (Å²) in [5.74, 6) is -0.104. The molecule has 8 heteroatoms. The van der Waals surface area contributed by atoms with Gasteiger partial charge in [0, 0.05) is 11.8 Å². The van der Waals surface area contributed by atoms with Crippen molar-refractivity contribution in [3.63, 3.8) is 0 Å². The fourth-order valence-corrected chi connectivity index (χ4v) is 2.97. The predicted molar refractivity (Wildman–Crippen MR) is 107 cm³/mol. The topological polar surface area (TPSA) is 91.0 Å². The van der Waals surface area contributed by atoms with E-state index in [1.165, 1.54) is 4.90 Å². The molecule has 0 atom stereocenters. The smallest absolute Gasteiger partial charge is 0.244 e. The molecular weight excluding hydrogens is 360 g/mol. The summed E-state index contributed by atoms with van der Waals surface area (Å²) >= 11 is 0. The molecule has 3 amide bonds. The van der Waals surface area contributed by atoms with Gasteiger partial charge >= 0.3 is 0 Å². The summed E-state index contributed by atoms with van der Waals surface area (Å²) in [4.78, 5) is 39.9. The molecule has 8 nitrogen and oxygen atoms in total. The number of fused-ring (bicyclic) bond motifs is 1. The zero-order valence-electron chi connectivity index (χ0n) is 15.8. The minimum atomic E-state index is -0.251. The molecule has 0 fully saturated rings. The molecule has 28 heavy (non-hydrogen) atoms. The van der Waals surface area contributed by atoms with E-state index >= 15 is 0 Å². The molecule has 2 N–H and O–H groups in total. The molecule has 0 spiro atoms. The molecule has 3 rings (SSSR count). The SMILES string of the molecule is COc1cccc(NC(=O)CN(C)CC(=O)N2CC(=O)Nc3ccccc32)c1. The van der Waals surface area contributed by atoms with E-state index in [-0.39, 0.29) is 37.4 Å². The fourth-order valence-electron chi connectivity index (χ4n) is 2.97. The molecule has 0 bridgehead atoms. The Balaban J connectivity index is 1.58. The van der Waals surface area contributed by atoms with E-state index in [0.717, 1.165) is 0 Å². The van der Waals surface area contributed by atoms with Crippen LogP contribution in [0.15, 0.2) is 48.5 Å². The highest BCUT2D eigenvalue weighted by Gasteiger charge is 2.27. The third-order valence-corrected chi connectivity index (χ3v) is 4.24. The Morgan fingerprint density at radius 1 is 1.18 bits per heavy atom. The number of hydrogen-bond donors (Lipinski definition) is 2. The standard InChI is InChI=1S/C20H22N4O4/c1-23(11-18(25)21-14-6-5-7-15(10-14)28-2)13-20(27)24-12-19(26)22-16-8-3-4-9-17(16)24/h3-10H,11-13H2,1-2H3,(H,21,25)(H,22,26). The Morgan fingerprint density at radius 3 is 2.75 bits per heavy atom. The number of anilines is 3. The van der Waals surface area contributed by atoms with Crippen molar-refractivity contribution in [1.82, 2.24) is 4.90 Å². The van der Waals surface area contributed by atoms with Crippen molar-refractivity contribution in [2.75, 3.05) is 49.3 Å². The zero-order valence-corrected chi connectivity index (χ0v) is 15.8. The normalized spacial score (nSPS) is 13.0. The highest BCUT2D eigenvalue weighted by atomic mass is 16.5. The second-order valence-electron chi connectivity index (χ2n) is 6.50. The molecule has 1 heterocycles. The van der Waals surface area contributed by atoms with Gasteiger partial charge in [0.1, 0.15) is 12.3 Å². The van der Waals surface area contributed by atoms with Crippen LogP contribution < -0.4 is 20.3 Å². The summed E-state index contributed by atoms with van der Waals surface area (Å²) in [7, 11) is 3.23. The Hall–Kier alpha value is -3.39. The highest BCUT2D eigenvalue weighted by molar-refractivity contribution is 6.10. The van der Waals surface area contributed by atoms with Crippen LogP contribution >= 0.6 is 0 Å². The Kier molecular flexibility index (Phi) is 5.90. The highest BCUT2D eigenvalue weighted by Crippen LogP contribution is 2.28. The quantitative estimate of drug-likeness (QED) is 0.791. The van der Waals surface area contributed by atoms with Crippen molar-refractivity contribution in [1.29, 1.82) is 0 Å². The first kappa shape index (κ1) is 19.4. The second-order valence-corrected chi connectivity index (χ2v) is 6.50. The van der Waals surface area contributed by atoms with Crippen molar-refractivity contribution in [2.24, 2.45) is 0 Å². The molecular formula is C20H22N4O4. The third kappa shape index (κ3) is 4.66. The summed E-state index contributed by atoms with van der Waals surface area (Å²) in [6.07, 6.45) is 0. The van der Waals surface area contributed by atoms with Crippen LogP contribution in [-0.4, -0.2) is 56.4 Å². The van der Waals surface area contributed by atoms with Crippen LogP contribution in [0.2, 0.25) is 0 Å². The Morgan fingerprint density at radius 2 is 1.96 bits per heavy atom.